The zero-order chi connectivity index (χ0) is 13.7. The summed E-state index contributed by atoms with van der Waals surface area (Å²) < 4.78 is 5.26. The van der Waals surface area contributed by atoms with E-state index in [9.17, 15) is 4.79 Å². The molecule has 1 aromatic rings. The molecule has 5 rings (SSSR count). The molecule has 4 aliphatic carbocycles. The molecule has 1 aromatic carbocycles. The molecule has 21 heavy (non-hydrogen) atoms. The van der Waals surface area contributed by atoms with Crippen LogP contribution in [-0.2, 0) is 0 Å². The summed E-state index contributed by atoms with van der Waals surface area (Å²) in [6.45, 7) is 0. The van der Waals surface area contributed by atoms with Gasteiger partial charge in [-0.15, -0.1) is 0 Å². The molecule has 0 spiro atoms. The molecule has 0 N–H and O–H groups in total. The molecule has 0 unspecified atom stereocenters. The van der Waals surface area contributed by atoms with Gasteiger partial charge >= 0.3 is 23.1 Å². The van der Waals surface area contributed by atoms with Gasteiger partial charge in [0.25, 0.3) is 0 Å². The maximum Gasteiger partial charge on any atom is 0.316 e. The van der Waals surface area contributed by atoms with E-state index in [1.54, 1.807) is 7.11 Å². The molecular weight excluding hydrogens is 273 g/mol. The molecule has 4 saturated carbocycles. The molecular formula is C18H24MgO2. The van der Waals surface area contributed by atoms with Gasteiger partial charge in [0, 0.05) is 11.5 Å². The fourth-order valence-corrected chi connectivity index (χ4v) is 5.32. The average molecular weight is 297 g/mol. The largest absolute Gasteiger partial charge is 0.497 e. The van der Waals surface area contributed by atoms with Crippen LogP contribution in [0.4, 0.5) is 0 Å². The van der Waals surface area contributed by atoms with E-state index in [0.717, 1.165) is 23.1 Å². The van der Waals surface area contributed by atoms with Crippen molar-refractivity contribution in [3.8, 4) is 5.75 Å². The Kier molecular flexibility index (Phi) is 4.33. The van der Waals surface area contributed by atoms with Gasteiger partial charge in [0.15, 0.2) is 5.78 Å². The predicted molar refractivity (Wildman–Crippen MR) is 86.4 cm³/mol. The maximum atomic E-state index is 12.9. The van der Waals surface area contributed by atoms with E-state index in [1.165, 1.54) is 32.1 Å². The van der Waals surface area contributed by atoms with Gasteiger partial charge in [-0.05, 0) is 67.9 Å². The molecule has 0 atom stereocenters. The first kappa shape index (κ1) is 15.4. The summed E-state index contributed by atoms with van der Waals surface area (Å²) in [6.07, 6.45) is 6.63. The monoisotopic (exact) mass is 296 g/mol. The van der Waals surface area contributed by atoms with E-state index in [4.69, 9.17) is 4.74 Å². The second-order valence-electron chi connectivity index (χ2n) is 7.05. The van der Waals surface area contributed by atoms with Gasteiger partial charge < -0.3 is 4.74 Å². The van der Waals surface area contributed by atoms with Gasteiger partial charge in [-0.25, -0.2) is 0 Å². The van der Waals surface area contributed by atoms with Crippen molar-refractivity contribution in [1.82, 2.24) is 0 Å². The van der Waals surface area contributed by atoms with E-state index >= 15 is 0 Å². The van der Waals surface area contributed by atoms with Gasteiger partial charge in [0.1, 0.15) is 5.75 Å². The third-order valence-electron chi connectivity index (χ3n) is 5.88. The lowest BCUT2D eigenvalue weighted by Crippen LogP contribution is -2.48. The van der Waals surface area contributed by atoms with Crippen LogP contribution in [0, 0.1) is 29.6 Å². The van der Waals surface area contributed by atoms with Crippen LogP contribution >= 0.6 is 0 Å². The van der Waals surface area contributed by atoms with E-state index < -0.39 is 0 Å². The minimum Gasteiger partial charge on any atom is -0.497 e. The highest BCUT2D eigenvalue weighted by molar-refractivity contribution is 5.98. The van der Waals surface area contributed by atoms with Crippen molar-refractivity contribution in [2.45, 2.75) is 32.1 Å². The Morgan fingerprint density at radius 3 is 2.24 bits per heavy atom. The predicted octanol–water partition coefficient (Wildman–Crippen LogP) is 3.03. The zero-order valence-corrected chi connectivity index (χ0v) is 12.0. The first-order chi connectivity index (χ1) is 9.74. The Bertz CT molecular complexity index is 512. The lowest BCUT2D eigenvalue weighted by atomic mass is 9.51. The summed E-state index contributed by atoms with van der Waals surface area (Å²) in [6, 6.07) is 7.71. The summed E-state index contributed by atoms with van der Waals surface area (Å²) >= 11 is 0. The van der Waals surface area contributed by atoms with Crippen LogP contribution < -0.4 is 4.74 Å². The Hall–Kier alpha value is -0.544. The maximum absolute atomic E-state index is 12.9. The molecule has 0 aromatic heterocycles. The number of hydrogen-bond donors (Lipinski definition) is 0. The highest BCUT2D eigenvalue weighted by Gasteiger charge is 2.50. The van der Waals surface area contributed by atoms with Crippen LogP contribution in [0.15, 0.2) is 24.3 Å². The Balaban J connectivity index is 0.00000132. The minimum atomic E-state index is 0. The van der Waals surface area contributed by atoms with Crippen LogP contribution in [0.3, 0.4) is 0 Å². The van der Waals surface area contributed by atoms with Crippen molar-refractivity contribution < 1.29 is 9.53 Å². The lowest BCUT2D eigenvalue weighted by Gasteiger charge is -2.53. The third-order valence-corrected chi connectivity index (χ3v) is 5.88. The Morgan fingerprint density at radius 1 is 1.05 bits per heavy atom. The molecule has 110 valence electrons. The topological polar surface area (TPSA) is 26.3 Å². The second-order valence-corrected chi connectivity index (χ2v) is 7.05. The summed E-state index contributed by atoms with van der Waals surface area (Å²) in [4.78, 5) is 12.9. The Labute approximate surface area is 142 Å². The van der Waals surface area contributed by atoms with Gasteiger partial charge in [-0.1, -0.05) is 12.1 Å². The van der Waals surface area contributed by atoms with Crippen molar-refractivity contribution in [2.75, 3.05) is 7.11 Å². The number of hydrogen-bond acceptors (Lipinski definition) is 2. The van der Waals surface area contributed by atoms with Gasteiger partial charge in [-0.3, -0.25) is 4.79 Å². The summed E-state index contributed by atoms with van der Waals surface area (Å²) in [5, 5.41) is 0. The Morgan fingerprint density at radius 2 is 1.67 bits per heavy atom. The van der Waals surface area contributed by atoms with Crippen molar-refractivity contribution in [2.24, 2.45) is 29.6 Å². The van der Waals surface area contributed by atoms with E-state index in [2.05, 4.69) is 0 Å². The van der Waals surface area contributed by atoms with E-state index in [1.807, 2.05) is 24.3 Å². The van der Waals surface area contributed by atoms with Gasteiger partial charge in [-0.2, -0.15) is 0 Å². The van der Waals surface area contributed by atoms with Crippen molar-refractivity contribution in [3.05, 3.63) is 29.8 Å². The molecule has 0 aliphatic heterocycles. The molecule has 2 nitrogen and oxygen atoms in total. The standard InChI is InChI=1S/C18H22O2.Mg.2H/c1-20-16-4-2-3-13(10-16)18(19)17-14-6-11-5-12(8-14)9-15(17)7-11;;;/h2-4,10-12,14-15,17H,5-9H2,1H3;;;. The highest BCUT2D eigenvalue weighted by atomic mass is 24.3. The van der Waals surface area contributed by atoms with Crippen LogP contribution in [0.1, 0.15) is 42.5 Å². The number of rotatable bonds is 3. The lowest BCUT2D eigenvalue weighted by molar-refractivity contribution is -0.0251. The van der Waals surface area contributed by atoms with E-state index in [-0.39, 0.29) is 29.0 Å². The first-order valence-electron chi connectivity index (χ1n) is 7.93. The van der Waals surface area contributed by atoms with Crippen LogP contribution in [-0.4, -0.2) is 35.9 Å². The zero-order valence-electron chi connectivity index (χ0n) is 12.0. The first-order valence-corrected chi connectivity index (χ1v) is 7.93. The molecule has 3 heteroatoms. The van der Waals surface area contributed by atoms with Crippen LogP contribution in [0.25, 0.3) is 0 Å². The van der Waals surface area contributed by atoms with Crippen LogP contribution in [0.2, 0.25) is 0 Å². The van der Waals surface area contributed by atoms with Gasteiger partial charge in [0.2, 0.25) is 0 Å². The molecule has 4 aliphatic rings. The van der Waals surface area contributed by atoms with Crippen LogP contribution in [0.5, 0.6) is 5.75 Å². The number of ketones is 1. The van der Waals surface area contributed by atoms with Crippen molar-refractivity contribution in [3.63, 3.8) is 0 Å². The summed E-state index contributed by atoms with van der Waals surface area (Å²) in [7, 11) is 1.66. The molecule has 0 radical (unpaired) electrons. The van der Waals surface area contributed by atoms with Gasteiger partial charge in [0.05, 0.1) is 7.11 Å². The average Bonchev–Trinajstić information content (AvgIpc) is 2.46. The fourth-order valence-electron chi connectivity index (χ4n) is 5.32. The number of methoxy groups -OCH3 is 1. The second kappa shape index (κ2) is 5.92. The minimum absolute atomic E-state index is 0. The molecule has 4 bridgehead atoms. The van der Waals surface area contributed by atoms with Crippen molar-refractivity contribution in [1.29, 1.82) is 0 Å². The SMILES string of the molecule is COc1cccc(C(=O)C2C3CC4CC(C3)CC2C4)c1.[MgH2]. The number of ether oxygens (including phenoxy) is 1. The molecule has 4 fully saturated rings. The van der Waals surface area contributed by atoms with E-state index in [0.29, 0.717) is 17.6 Å². The number of benzene rings is 1. The summed E-state index contributed by atoms with van der Waals surface area (Å²) in [5.41, 5.74) is 0.849. The molecule has 0 amide bonds. The fraction of sp³-hybridized carbons (Fsp3) is 0.611. The van der Waals surface area contributed by atoms with Crippen molar-refractivity contribution >= 4 is 28.8 Å². The smallest absolute Gasteiger partial charge is 0.316 e. The molecule has 0 heterocycles. The molecule has 0 saturated heterocycles. The quantitative estimate of drug-likeness (QED) is 0.633. The number of carbonyl (C=O) groups excluding carboxylic acids is 1. The number of carbonyl (C=O) groups is 1. The summed E-state index contributed by atoms with van der Waals surface area (Å²) in [5.74, 6) is 4.61. The third kappa shape index (κ3) is 2.63. The highest BCUT2D eigenvalue weighted by Crippen LogP contribution is 2.57. The number of Topliss-reactive ketones (excluding diaryl/α,β-unsaturated/α-hetero) is 1. The normalized spacial score (nSPS) is 36.1.